The summed E-state index contributed by atoms with van der Waals surface area (Å²) in [6.07, 6.45) is 3.49. The lowest BCUT2D eigenvalue weighted by molar-refractivity contribution is 0.0946. The van der Waals surface area contributed by atoms with Crippen LogP contribution in [0.5, 0.6) is 0 Å². The SMILES string of the molecule is Cc1ccc(CNC(=O)c2nc(-c3ccc4ncccc4c3)c(-c3ccccc3)nc2N)nc1-c1ccccn1. The summed E-state index contributed by atoms with van der Waals surface area (Å²) < 4.78 is 0. The summed E-state index contributed by atoms with van der Waals surface area (Å²) in [5.41, 5.74) is 13.3. The molecule has 1 amide bonds. The summed E-state index contributed by atoms with van der Waals surface area (Å²) in [5.74, 6) is -0.385. The number of hydrogen-bond acceptors (Lipinski definition) is 7. The first-order chi connectivity index (χ1) is 19.6. The van der Waals surface area contributed by atoms with Gasteiger partial charge in [-0.15, -0.1) is 0 Å². The van der Waals surface area contributed by atoms with Crippen molar-refractivity contribution in [2.75, 3.05) is 5.73 Å². The second-order valence-electron chi connectivity index (χ2n) is 9.30. The number of carbonyl (C=O) groups is 1. The van der Waals surface area contributed by atoms with E-state index < -0.39 is 5.91 Å². The van der Waals surface area contributed by atoms with Gasteiger partial charge in [0.2, 0.25) is 0 Å². The van der Waals surface area contributed by atoms with Crippen LogP contribution in [0.3, 0.4) is 0 Å². The van der Waals surface area contributed by atoms with Crippen molar-refractivity contribution in [2.45, 2.75) is 13.5 Å². The van der Waals surface area contributed by atoms with E-state index in [4.69, 9.17) is 15.7 Å². The number of nitrogens with one attached hydrogen (secondary N) is 1. The molecule has 0 atom stereocenters. The van der Waals surface area contributed by atoms with Gasteiger partial charge in [-0.05, 0) is 48.9 Å². The minimum Gasteiger partial charge on any atom is -0.382 e. The number of nitrogens with zero attached hydrogens (tertiary/aromatic N) is 5. The normalized spacial score (nSPS) is 10.9. The van der Waals surface area contributed by atoms with E-state index in [1.54, 1.807) is 12.4 Å². The van der Waals surface area contributed by atoms with Gasteiger partial charge in [0.25, 0.3) is 5.91 Å². The minimum atomic E-state index is -0.435. The lowest BCUT2D eigenvalue weighted by Crippen LogP contribution is -2.26. The van der Waals surface area contributed by atoms with Crippen molar-refractivity contribution in [3.8, 4) is 33.9 Å². The molecule has 0 bridgehead atoms. The molecule has 40 heavy (non-hydrogen) atoms. The fourth-order valence-electron chi connectivity index (χ4n) is 4.52. The van der Waals surface area contributed by atoms with Crippen LogP contribution in [0.15, 0.2) is 103 Å². The molecule has 0 saturated carbocycles. The van der Waals surface area contributed by atoms with E-state index in [2.05, 4.69) is 20.3 Å². The van der Waals surface area contributed by atoms with Crippen LogP contribution in [0.1, 0.15) is 21.7 Å². The second kappa shape index (κ2) is 10.7. The van der Waals surface area contributed by atoms with Gasteiger partial charge in [-0.3, -0.25) is 14.8 Å². The van der Waals surface area contributed by atoms with E-state index in [9.17, 15) is 4.79 Å². The van der Waals surface area contributed by atoms with E-state index in [1.807, 2.05) is 97.9 Å². The zero-order valence-corrected chi connectivity index (χ0v) is 21.7. The van der Waals surface area contributed by atoms with Crippen LogP contribution in [-0.4, -0.2) is 30.8 Å². The molecule has 8 nitrogen and oxygen atoms in total. The van der Waals surface area contributed by atoms with Crippen molar-refractivity contribution in [1.82, 2.24) is 30.2 Å². The predicted molar refractivity (Wildman–Crippen MR) is 156 cm³/mol. The number of anilines is 1. The quantitative estimate of drug-likeness (QED) is 0.290. The van der Waals surface area contributed by atoms with E-state index in [0.717, 1.165) is 39.0 Å². The summed E-state index contributed by atoms with van der Waals surface area (Å²) in [5, 5.41) is 3.86. The summed E-state index contributed by atoms with van der Waals surface area (Å²) in [6.45, 7) is 2.17. The number of aromatic nitrogens is 5. The van der Waals surface area contributed by atoms with Gasteiger partial charge in [-0.2, -0.15) is 0 Å². The average Bonchev–Trinajstić information content (AvgIpc) is 3.01. The molecule has 0 unspecified atom stereocenters. The lowest BCUT2D eigenvalue weighted by Gasteiger charge is -2.14. The summed E-state index contributed by atoms with van der Waals surface area (Å²) in [6, 6.07) is 28.9. The van der Waals surface area contributed by atoms with Crippen LogP contribution >= 0.6 is 0 Å². The van der Waals surface area contributed by atoms with Crippen molar-refractivity contribution in [1.29, 1.82) is 0 Å². The summed E-state index contributed by atoms with van der Waals surface area (Å²) >= 11 is 0. The van der Waals surface area contributed by atoms with Crippen molar-refractivity contribution in [3.63, 3.8) is 0 Å². The first-order valence-electron chi connectivity index (χ1n) is 12.8. The lowest BCUT2D eigenvalue weighted by atomic mass is 10.0. The number of nitrogen functional groups attached to an aromatic ring is 1. The van der Waals surface area contributed by atoms with Gasteiger partial charge in [0.1, 0.15) is 0 Å². The Morgan fingerprint density at radius 3 is 2.38 bits per heavy atom. The number of pyridine rings is 3. The van der Waals surface area contributed by atoms with Crippen molar-refractivity contribution in [2.24, 2.45) is 0 Å². The molecule has 0 fully saturated rings. The van der Waals surface area contributed by atoms with Crippen LogP contribution in [-0.2, 0) is 6.54 Å². The molecule has 3 N–H and O–H groups in total. The maximum absolute atomic E-state index is 13.4. The maximum atomic E-state index is 13.4. The Bertz CT molecular complexity index is 1840. The molecule has 0 saturated heterocycles. The number of hydrogen-bond donors (Lipinski definition) is 2. The van der Waals surface area contributed by atoms with Crippen molar-refractivity contribution in [3.05, 3.63) is 120 Å². The number of benzene rings is 2. The molecule has 0 aliphatic rings. The molecule has 0 aliphatic heterocycles. The molecule has 6 aromatic rings. The highest BCUT2D eigenvalue weighted by Gasteiger charge is 2.20. The molecule has 0 spiro atoms. The van der Waals surface area contributed by atoms with Crippen molar-refractivity contribution < 1.29 is 4.79 Å². The van der Waals surface area contributed by atoms with Gasteiger partial charge in [-0.25, -0.2) is 15.0 Å². The van der Waals surface area contributed by atoms with Crippen LogP contribution in [0.2, 0.25) is 0 Å². The number of rotatable bonds is 6. The number of aryl methyl sites for hydroxylation is 1. The zero-order valence-electron chi connectivity index (χ0n) is 21.7. The Morgan fingerprint density at radius 2 is 1.55 bits per heavy atom. The van der Waals surface area contributed by atoms with Gasteiger partial charge in [0.05, 0.1) is 40.5 Å². The van der Waals surface area contributed by atoms with Gasteiger partial charge in [0, 0.05) is 28.9 Å². The fourth-order valence-corrected chi connectivity index (χ4v) is 4.52. The van der Waals surface area contributed by atoms with E-state index in [0.29, 0.717) is 17.1 Å². The first kappa shape index (κ1) is 24.8. The highest BCUT2D eigenvalue weighted by molar-refractivity contribution is 5.98. The fraction of sp³-hybridized carbons (Fsp3) is 0.0625. The Kier molecular flexibility index (Phi) is 6.64. The number of fused-ring (bicyclic) bond motifs is 1. The molecular formula is C32H25N7O. The van der Waals surface area contributed by atoms with Crippen LogP contribution < -0.4 is 11.1 Å². The Hall–Kier alpha value is -5.50. The summed E-state index contributed by atoms with van der Waals surface area (Å²) in [7, 11) is 0. The third-order valence-electron chi connectivity index (χ3n) is 6.55. The molecule has 4 aromatic heterocycles. The standard InChI is InChI=1S/C32H25N7O/c1-20-12-14-24(37-27(20)26-11-5-6-16-35-26)19-36-32(40)30-31(33)39-28(21-8-3-2-4-9-21)29(38-30)23-13-15-25-22(18-23)10-7-17-34-25/h2-18H,19H2,1H3,(H2,33,39)(H,36,40). The number of amides is 1. The van der Waals surface area contributed by atoms with Crippen LogP contribution in [0, 0.1) is 6.92 Å². The third kappa shape index (κ3) is 4.98. The Morgan fingerprint density at radius 1 is 0.750 bits per heavy atom. The van der Waals surface area contributed by atoms with Crippen LogP contribution in [0.25, 0.3) is 44.8 Å². The molecule has 4 heterocycles. The van der Waals surface area contributed by atoms with E-state index in [1.165, 1.54) is 0 Å². The predicted octanol–water partition coefficient (Wildman–Crippen LogP) is 5.64. The Labute approximate surface area is 231 Å². The second-order valence-corrected chi connectivity index (χ2v) is 9.30. The van der Waals surface area contributed by atoms with Gasteiger partial charge in [0.15, 0.2) is 11.5 Å². The molecule has 194 valence electrons. The highest BCUT2D eigenvalue weighted by atomic mass is 16.1. The largest absolute Gasteiger partial charge is 0.382 e. The smallest absolute Gasteiger partial charge is 0.274 e. The third-order valence-corrected chi connectivity index (χ3v) is 6.55. The monoisotopic (exact) mass is 523 g/mol. The summed E-state index contributed by atoms with van der Waals surface area (Å²) in [4.78, 5) is 36.3. The molecular weight excluding hydrogens is 498 g/mol. The maximum Gasteiger partial charge on any atom is 0.274 e. The highest BCUT2D eigenvalue weighted by Crippen LogP contribution is 2.32. The van der Waals surface area contributed by atoms with Gasteiger partial charge in [-0.1, -0.05) is 54.6 Å². The number of nitrogens with two attached hydrogens (primary N) is 1. The van der Waals surface area contributed by atoms with E-state index >= 15 is 0 Å². The minimum absolute atomic E-state index is 0.0496. The molecule has 0 radical (unpaired) electrons. The molecule has 0 aliphatic carbocycles. The number of carbonyl (C=O) groups excluding carboxylic acids is 1. The molecule has 8 heteroatoms. The van der Waals surface area contributed by atoms with E-state index in [-0.39, 0.29) is 18.1 Å². The molecule has 6 rings (SSSR count). The van der Waals surface area contributed by atoms with Crippen molar-refractivity contribution >= 4 is 22.6 Å². The van der Waals surface area contributed by atoms with Crippen LogP contribution in [0.4, 0.5) is 5.82 Å². The molecule has 2 aromatic carbocycles. The Balaban J connectivity index is 1.35. The van der Waals surface area contributed by atoms with Gasteiger partial charge >= 0.3 is 0 Å². The van der Waals surface area contributed by atoms with Gasteiger partial charge < -0.3 is 11.1 Å². The first-order valence-corrected chi connectivity index (χ1v) is 12.8. The average molecular weight is 524 g/mol. The zero-order chi connectivity index (χ0) is 27.5. The topological polar surface area (TPSA) is 120 Å².